The van der Waals surface area contributed by atoms with Crippen LogP contribution in [0.25, 0.3) is 5.57 Å². The summed E-state index contributed by atoms with van der Waals surface area (Å²) in [6.45, 7) is 6.24. The van der Waals surface area contributed by atoms with E-state index in [1.165, 1.54) is 7.11 Å². The van der Waals surface area contributed by atoms with E-state index in [9.17, 15) is 9.59 Å². The Labute approximate surface area is 158 Å². The van der Waals surface area contributed by atoms with Crippen molar-refractivity contribution in [2.24, 2.45) is 0 Å². The van der Waals surface area contributed by atoms with Gasteiger partial charge in [-0.2, -0.15) is 0 Å². The summed E-state index contributed by atoms with van der Waals surface area (Å²) in [5.74, 6) is 0.392. The van der Waals surface area contributed by atoms with Gasteiger partial charge in [-0.15, -0.1) is 0 Å². The molecule has 138 valence electrons. The molecule has 2 aromatic carbocycles. The smallest absolute Gasteiger partial charge is 0.317 e. The number of benzene rings is 2. The summed E-state index contributed by atoms with van der Waals surface area (Å²) >= 11 is 0. The minimum Gasteiger partial charge on any atom is -0.497 e. The second-order valence-corrected chi connectivity index (χ2v) is 7.57. The van der Waals surface area contributed by atoms with Gasteiger partial charge in [-0.3, -0.25) is 9.59 Å². The van der Waals surface area contributed by atoms with Crippen molar-refractivity contribution in [2.45, 2.75) is 30.6 Å². The van der Waals surface area contributed by atoms with Gasteiger partial charge in [-0.25, -0.2) is 0 Å². The van der Waals surface area contributed by atoms with E-state index in [0.29, 0.717) is 17.7 Å². The lowest BCUT2D eigenvalue weighted by Gasteiger charge is -2.54. The van der Waals surface area contributed by atoms with Crippen molar-refractivity contribution in [3.63, 3.8) is 0 Å². The first-order valence-corrected chi connectivity index (χ1v) is 8.97. The molecule has 0 unspecified atom stereocenters. The molecule has 0 spiro atoms. The molecule has 0 N–H and O–H groups in total. The van der Waals surface area contributed by atoms with E-state index in [2.05, 4.69) is 6.58 Å². The Balaban J connectivity index is 2.12. The van der Waals surface area contributed by atoms with Crippen molar-refractivity contribution in [1.82, 2.24) is 0 Å². The molecule has 0 fully saturated rings. The van der Waals surface area contributed by atoms with Gasteiger partial charge in [0.25, 0.3) is 0 Å². The van der Waals surface area contributed by atoms with Crippen LogP contribution in [0.4, 0.5) is 0 Å². The van der Waals surface area contributed by atoms with Gasteiger partial charge in [-0.1, -0.05) is 43.8 Å². The Bertz CT molecular complexity index is 990. The van der Waals surface area contributed by atoms with Crippen LogP contribution in [0.2, 0.25) is 0 Å². The molecule has 0 saturated heterocycles. The highest BCUT2D eigenvalue weighted by Crippen LogP contribution is 2.60. The fraction of sp³-hybridized carbons (Fsp3) is 0.304. The highest BCUT2D eigenvalue weighted by atomic mass is 16.5. The number of Topliss-reactive ketones (excluding diaryl/α,β-unsaturated/α-hetero) is 1. The molecule has 27 heavy (non-hydrogen) atoms. The van der Waals surface area contributed by atoms with E-state index >= 15 is 0 Å². The Hall–Kier alpha value is -2.88. The molecular weight excluding hydrogens is 340 g/mol. The van der Waals surface area contributed by atoms with Crippen molar-refractivity contribution in [3.8, 4) is 5.75 Å². The standard InChI is InChI=1S/C23H22O4/c1-14-12-23(21(25)27-4)18-8-6-5-7-17(18)20(24)13-22(23,2)19-11-15(26-3)9-10-16(14)19/h5-11H,1,12-13H2,2-4H3/t22-,23-/m0/s1. The number of hydrogen-bond acceptors (Lipinski definition) is 4. The summed E-state index contributed by atoms with van der Waals surface area (Å²) < 4.78 is 10.7. The van der Waals surface area contributed by atoms with Crippen LogP contribution in [-0.4, -0.2) is 26.0 Å². The average Bonchev–Trinajstić information content (AvgIpc) is 2.69. The van der Waals surface area contributed by atoms with Gasteiger partial charge in [0.15, 0.2) is 5.78 Å². The molecule has 0 aliphatic heterocycles. The van der Waals surface area contributed by atoms with Gasteiger partial charge in [-0.05, 0) is 40.8 Å². The number of rotatable bonds is 2. The van der Waals surface area contributed by atoms with E-state index in [1.807, 2.05) is 43.3 Å². The molecule has 0 bridgehead atoms. The first-order chi connectivity index (χ1) is 12.9. The molecule has 2 aromatic rings. The number of allylic oxidation sites excluding steroid dienone is 1. The predicted octanol–water partition coefficient (Wildman–Crippen LogP) is 4.07. The molecule has 0 radical (unpaired) electrons. The minimum absolute atomic E-state index is 0.0360. The Morgan fingerprint density at radius 1 is 1.04 bits per heavy atom. The number of carbonyl (C=O) groups excluding carboxylic acids is 2. The predicted molar refractivity (Wildman–Crippen MR) is 103 cm³/mol. The zero-order valence-electron chi connectivity index (χ0n) is 15.8. The summed E-state index contributed by atoms with van der Waals surface area (Å²) in [6.07, 6.45) is 0.645. The van der Waals surface area contributed by atoms with Gasteiger partial charge in [0, 0.05) is 17.4 Å². The summed E-state index contributed by atoms with van der Waals surface area (Å²) in [4.78, 5) is 26.3. The number of esters is 1. The van der Waals surface area contributed by atoms with Crippen molar-refractivity contribution in [2.75, 3.05) is 14.2 Å². The normalized spacial score (nSPS) is 25.9. The number of ketones is 1. The highest BCUT2D eigenvalue weighted by Gasteiger charge is 2.63. The molecule has 4 rings (SSSR count). The van der Waals surface area contributed by atoms with E-state index < -0.39 is 10.8 Å². The van der Waals surface area contributed by atoms with Crippen LogP contribution in [0.3, 0.4) is 0 Å². The molecular formula is C23H22O4. The fourth-order valence-electron chi connectivity index (χ4n) is 4.99. The summed E-state index contributed by atoms with van der Waals surface area (Å²) in [6, 6.07) is 13.2. The topological polar surface area (TPSA) is 52.6 Å². The van der Waals surface area contributed by atoms with Gasteiger partial charge in [0.05, 0.1) is 14.2 Å². The zero-order valence-corrected chi connectivity index (χ0v) is 15.8. The third-order valence-corrected chi connectivity index (χ3v) is 6.36. The quantitative estimate of drug-likeness (QED) is 0.756. The first-order valence-electron chi connectivity index (χ1n) is 8.97. The summed E-state index contributed by atoms with van der Waals surface area (Å²) in [5, 5.41) is 0. The van der Waals surface area contributed by atoms with Crippen molar-refractivity contribution < 1.29 is 19.1 Å². The molecule has 2 aliphatic carbocycles. The lowest BCUT2D eigenvalue weighted by atomic mass is 9.47. The third kappa shape index (κ3) is 2.10. The monoisotopic (exact) mass is 362 g/mol. The first kappa shape index (κ1) is 17.5. The summed E-state index contributed by atoms with van der Waals surface area (Å²) in [7, 11) is 3.01. The Morgan fingerprint density at radius 2 is 1.78 bits per heavy atom. The maximum absolute atomic E-state index is 13.3. The molecule has 4 heteroatoms. The highest BCUT2D eigenvalue weighted by molar-refractivity contribution is 6.06. The SMILES string of the molecule is C=C1C[C@@]2(C(=O)OC)c3ccccc3C(=O)C[C@@]2(C)c2cc(OC)ccc21. The molecule has 0 aromatic heterocycles. The van der Waals surface area contributed by atoms with E-state index in [0.717, 1.165) is 22.3 Å². The van der Waals surface area contributed by atoms with Crippen LogP contribution < -0.4 is 4.74 Å². The lowest BCUT2D eigenvalue weighted by molar-refractivity contribution is -0.151. The number of methoxy groups -OCH3 is 2. The molecule has 2 aliphatic rings. The molecule has 4 nitrogen and oxygen atoms in total. The van der Waals surface area contributed by atoms with Crippen molar-refractivity contribution in [1.29, 1.82) is 0 Å². The van der Waals surface area contributed by atoms with Gasteiger partial charge < -0.3 is 9.47 Å². The van der Waals surface area contributed by atoms with Crippen LogP contribution >= 0.6 is 0 Å². The van der Waals surface area contributed by atoms with E-state index in [-0.39, 0.29) is 18.2 Å². The molecule has 0 heterocycles. The Morgan fingerprint density at radius 3 is 2.48 bits per heavy atom. The van der Waals surface area contributed by atoms with Crippen molar-refractivity contribution in [3.05, 3.63) is 71.3 Å². The van der Waals surface area contributed by atoms with Crippen LogP contribution in [0.15, 0.2) is 49.0 Å². The number of carbonyl (C=O) groups is 2. The maximum Gasteiger partial charge on any atom is 0.317 e. The van der Waals surface area contributed by atoms with E-state index in [4.69, 9.17) is 9.47 Å². The second-order valence-electron chi connectivity index (χ2n) is 7.57. The third-order valence-electron chi connectivity index (χ3n) is 6.36. The second kappa shape index (κ2) is 5.81. The average molecular weight is 362 g/mol. The van der Waals surface area contributed by atoms with Crippen LogP contribution in [0.5, 0.6) is 5.75 Å². The maximum atomic E-state index is 13.3. The molecule has 0 saturated carbocycles. The van der Waals surface area contributed by atoms with Gasteiger partial charge >= 0.3 is 5.97 Å². The van der Waals surface area contributed by atoms with Crippen molar-refractivity contribution >= 4 is 17.3 Å². The van der Waals surface area contributed by atoms with Crippen LogP contribution in [-0.2, 0) is 20.4 Å². The fourth-order valence-corrected chi connectivity index (χ4v) is 4.99. The van der Waals surface area contributed by atoms with Gasteiger partial charge in [0.1, 0.15) is 11.2 Å². The zero-order chi connectivity index (χ0) is 19.4. The molecule has 0 amide bonds. The van der Waals surface area contributed by atoms with Gasteiger partial charge in [0.2, 0.25) is 0 Å². The molecule has 2 atom stereocenters. The number of fused-ring (bicyclic) bond motifs is 5. The minimum atomic E-state index is -0.997. The van der Waals surface area contributed by atoms with Crippen LogP contribution in [0.1, 0.15) is 46.8 Å². The number of hydrogen-bond donors (Lipinski definition) is 0. The largest absolute Gasteiger partial charge is 0.497 e. The van der Waals surface area contributed by atoms with Crippen LogP contribution in [0, 0.1) is 0 Å². The number of ether oxygens (including phenoxy) is 2. The lowest BCUT2D eigenvalue weighted by Crippen LogP contribution is -2.59. The Kier molecular flexibility index (Phi) is 3.77. The van der Waals surface area contributed by atoms with E-state index in [1.54, 1.807) is 13.2 Å². The summed E-state index contributed by atoms with van der Waals surface area (Å²) in [5.41, 5.74) is 2.32.